The number of benzene rings is 2. The molecule has 0 aliphatic heterocycles. The quantitative estimate of drug-likeness (QED) is 0.516. The van der Waals surface area contributed by atoms with Gasteiger partial charge in [-0.1, -0.05) is 12.1 Å². The molecule has 1 heterocycles. The summed E-state index contributed by atoms with van der Waals surface area (Å²) in [5.41, 5.74) is 4.30. The SMILES string of the molecule is Cc1nc2ccc(C(=O)N(C)C(C)c3cccc([N+](=O)[O-])c3)cc2nc1C. The number of fused-ring (bicyclic) bond motifs is 1. The second kappa shape index (κ2) is 7.11. The molecule has 1 aromatic heterocycles. The first kappa shape index (κ1) is 18.4. The number of aryl methyl sites for hydroxylation is 2. The average Bonchev–Trinajstić information content (AvgIpc) is 2.66. The van der Waals surface area contributed by atoms with E-state index in [9.17, 15) is 14.9 Å². The van der Waals surface area contributed by atoms with E-state index in [1.807, 2.05) is 20.8 Å². The topological polar surface area (TPSA) is 89.2 Å². The normalized spacial score (nSPS) is 12.0. The van der Waals surface area contributed by atoms with Gasteiger partial charge in [0.15, 0.2) is 0 Å². The number of rotatable bonds is 4. The van der Waals surface area contributed by atoms with Crippen LogP contribution in [0.1, 0.15) is 40.3 Å². The summed E-state index contributed by atoms with van der Waals surface area (Å²) in [6.07, 6.45) is 0. The van der Waals surface area contributed by atoms with Gasteiger partial charge in [-0.3, -0.25) is 14.9 Å². The number of nitro groups is 1. The second-order valence-corrected chi connectivity index (χ2v) is 6.54. The molecule has 1 unspecified atom stereocenters. The number of nitro benzene ring substituents is 1. The predicted octanol–water partition coefficient (Wildman–Crippen LogP) is 3.99. The Morgan fingerprint density at radius 3 is 2.41 bits per heavy atom. The minimum atomic E-state index is -0.440. The fourth-order valence-corrected chi connectivity index (χ4v) is 2.87. The van der Waals surface area contributed by atoms with Crippen molar-refractivity contribution >= 4 is 22.6 Å². The Balaban J connectivity index is 1.90. The molecule has 0 bridgehead atoms. The zero-order chi connectivity index (χ0) is 19.7. The first-order valence-electron chi connectivity index (χ1n) is 8.54. The molecule has 0 N–H and O–H groups in total. The highest BCUT2D eigenvalue weighted by atomic mass is 16.6. The molecule has 3 rings (SSSR count). The Morgan fingerprint density at radius 2 is 1.74 bits per heavy atom. The highest BCUT2D eigenvalue weighted by Gasteiger charge is 2.21. The van der Waals surface area contributed by atoms with Crippen molar-refractivity contribution in [2.45, 2.75) is 26.8 Å². The van der Waals surface area contributed by atoms with Gasteiger partial charge >= 0.3 is 0 Å². The smallest absolute Gasteiger partial charge is 0.269 e. The van der Waals surface area contributed by atoms with Crippen LogP contribution in [0.3, 0.4) is 0 Å². The molecule has 7 heteroatoms. The molecule has 1 atom stereocenters. The lowest BCUT2D eigenvalue weighted by Gasteiger charge is -2.25. The zero-order valence-electron chi connectivity index (χ0n) is 15.6. The Labute approximate surface area is 156 Å². The summed E-state index contributed by atoms with van der Waals surface area (Å²) < 4.78 is 0. The Bertz CT molecular complexity index is 1050. The van der Waals surface area contributed by atoms with Gasteiger partial charge in [0.25, 0.3) is 11.6 Å². The van der Waals surface area contributed by atoms with Crippen molar-refractivity contribution in [2.75, 3.05) is 7.05 Å². The van der Waals surface area contributed by atoms with Crippen molar-refractivity contribution in [1.82, 2.24) is 14.9 Å². The molecule has 27 heavy (non-hydrogen) atoms. The molecular formula is C20H20N4O3. The summed E-state index contributed by atoms with van der Waals surface area (Å²) in [6, 6.07) is 11.3. The Kier molecular flexibility index (Phi) is 4.85. The Morgan fingerprint density at radius 1 is 1.07 bits per heavy atom. The third-order valence-corrected chi connectivity index (χ3v) is 4.79. The molecule has 0 fully saturated rings. The largest absolute Gasteiger partial charge is 0.335 e. The third-order valence-electron chi connectivity index (χ3n) is 4.79. The van der Waals surface area contributed by atoms with Crippen molar-refractivity contribution in [1.29, 1.82) is 0 Å². The highest BCUT2D eigenvalue weighted by Crippen LogP contribution is 2.25. The van der Waals surface area contributed by atoms with Gasteiger partial charge in [-0.25, -0.2) is 9.97 Å². The van der Waals surface area contributed by atoms with Gasteiger partial charge in [-0.15, -0.1) is 0 Å². The van der Waals surface area contributed by atoms with Crippen LogP contribution in [0.25, 0.3) is 11.0 Å². The van der Waals surface area contributed by atoms with Crippen molar-refractivity contribution in [3.63, 3.8) is 0 Å². The number of non-ortho nitro benzene ring substituents is 1. The van der Waals surface area contributed by atoms with Crippen LogP contribution in [0.2, 0.25) is 0 Å². The van der Waals surface area contributed by atoms with E-state index in [4.69, 9.17) is 0 Å². The zero-order valence-corrected chi connectivity index (χ0v) is 15.6. The lowest BCUT2D eigenvalue weighted by atomic mass is 10.1. The van der Waals surface area contributed by atoms with Crippen LogP contribution in [0.4, 0.5) is 5.69 Å². The standard InChI is InChI=1S/C20H20N4O3/c1-12-13(2)22-19-11-16(8-9-18(19)21-12)20(25)23(4)14(3)15-6-5-7-17(10-15)24(26)27/h5-11,14H,1-4H3. The lowest BCUT2D eigenvalue weighted by Crippen LogP contribution is -2.29. The van der Waals surface area contributed by atoms with E-state index in [0.29, 0.717) is 16.6 Å². The molecule has 0 aliphatic rings. The Hall–Kier alpha value is -3.35. The summed E-state index contributed by atoms with van der Waals surface area (Å²) in [6.45, 7) is 5.62. The van der Waals surface area contributed by atoms with E-state index >= 15 is 0 Å². The molecule has 3 aromatic rings. The summed E-state index contributed by atoms with van der Waals surface area (Å²) in [4.78, 5) is 34.0. The molecule has 0 radical (unpaired) electrons. The molecule has 1 amide bonds. The van der Waals surface area contributed by atoms with E-state index in [1.165, 1.54) is 12.1 Å². The molecule has 0 saturated heterocycles. The number of amides is 1. The van der Waals surface area contributed by atoms with Crippen LogP contribution in [0.15, 0.2) is 42.5 Å². The number of carbonyl (C=O) groups excluding carboxylic acids is 1. The monoisotopic (exact) mass is 364 g/mol. The molecule has 0 aliphatic carbocycles. The molecular weight excluding hydrogens is 344 g/mol. The van der Waals surface area contributed by atoms with E-state index < -0.39 is 4.92 Å². The van der Waals surface area contributed by atoms with Gasteiger partial charge in [0, 0.05) is 24.7 Å². The predicted molar refractivity (Wildman–Crippen MR) is 103 cm³/mol. The van der Waals surface area contributed by atoms with Gasteiger partial charge in [0.2, 0.25) is 0 Å². The number of hydrogen-bond acceptors (Lipinski definition) is 5. The first-order valence-corrected chi connectivity index (χ1v) is 8.54. The minimum Gasteiger partial charge on any atom is -0.335 e. The fourth-order valence-electron chi connectivity index (χ4n) is 2.87. The van der Waals surface area contributed by atoms with Gasteiger partial charge < -0.3 is 4.90 Å². The van der Waals surface area contributed by atoms with E-state index in [0.717, 1.165) is 16.9 Å². The van der Waals surface area contributed by atoms with Crippen molar-refractivity contribution < 1.29 is 9.72 Å². The van der Waals surface area contributed by atoms with Gasteiger partial charge in [-0.05, 0) is 44.5 Å². The maximum atomic E-state index is 12.9. The van der Waals surface area contributed by atoms with E-state index in [1.54, 1.807) is 42.3 Å². The van der Waals surface area contributed by atoms with Gasteiger partial charge in [0.1, 0.15) is 0 Å². The third kappa shape index (κ3) is 3.62. The van der Waals surface area contributed by atoms with E-state index in [2.05, 4.69) is 9.97 Å². The summed E-state index contributed by atoms with van der Waals surface area (Å²) in [5.74, 6) is -0.184. The van der Waals surface area contributed by atoms with Crippen molar-refractivity contribution in [2.24, 2.45) is 0 Å². The number of carbonyl (C=O) groups is 1. The summed E-state index contributed by atoms with van der Waals surface area (Å²) >= 11 is 0. The van der Waals surface area contributed by atoms with E-state index in [-0.39, 0.29) is 17.6 Å². The van der Waals surface area contributed by atoms with Crippen LogP contribution in [0, 0.1) is 24.0 Å². The molecule has 0 saturated carbocycles. The average molecular weight is 364 g/mol. The minimum absolute atomic E-state index is 0.00650. The van der Waals surface area contributed by atoms with Crippen molar-refractivity contribution in [3.05, 3.63) is 75.1 Å². The van der Waals surface area contributed by atoms with Crippen LogP contribution >= 0.6 is 0 Å². The van der Waals surface area contributed by atoms with Gasteiger partial charge in [0.05, 0.1) is 33.4 Å². The van der Waals surface area contributed by atoms with Crippen LogP contribution in [-0.4, -0.2) is 32.7 Å². The molecule has 7 nitrogen and oxygen atoms in total. The van der Waals surface area contributed by atoms with Crippen LogP contribution < -0.4 is 0 Å². The summed E-state index contributed by atoms with van der Waals surface area (Å²) in [7, 11) is 1.68. The first-order chi connectivity index (χ1) is 12.8. The van der Waals surface area contributed by atoms with Gasteiger partial charge in [-0.2, -0.15) is 0 Å². The number of aromatic nitrogens is 2. The summed E-state index contributed by atoms with van der Waals surface area (Å²) in [5, 5.41) is 11.0. The molecule has 2 aromatic carbocycles. The molecule has 0 spiro atoms. The number of hydrogen-bond donors (Lipinski definition) is 0. The maximum Gasteiger partial charge on any atom is 0.269 e. The van der Waals surface area contributed by atoms with Crippen LogP contribution in [-0.2, 0) is 0 Å². The molecule has 138 valence electrons. The van der Waals surface area contributed by atoms with Crippen molar-refractivity contribution in [3.8, 4) is 0 Å². The maximum absolute atomic E-state index is 12.9. The van der Waals surface area contributed by atoms with Crippen LogP contribution in [0.5, 0.6) is 0 Å². The lowest BCUT2D eigenvalue weighted by molar-refractivity contribution is -0.384. The number of nitrogens with zero attached hydrogens (tertiary/aromatic N) is 4. The fraction of sp³-hybridized carbons (Fsp3) is 0.250. The highest BCUT2D eigenvalue weighted by molar-refractivity contribution is 5.97. The second-order valence-electron chi connectivity index (χ2n) is 6.54.